The molecule has 1 unspecified atom stereocenters. The third-order valence-electron chi connectivity index (χ3n) is 4.30. The molecule has 21 heavy (non-hydrogen) atoms. The molecular weight excluding hydrogens is 298 g/mol. The third-order valence-corrected chi connectivity index (χ3v) is 4.86. The monoisotopic (exact) mass is 311 g/mol. The van der Waals surface area contributed by atoms with E-state index in [4.69, 9.17) is 23.8 Å². The number of rotatable bonds is 1. The summed E-state index contributed by atoms with van der Waals surface area (Å²) < 4.78 is 0. The van der Waals surface area contributed by atoms with Crippen LogP contribution in [0.15, 0.2) is 54.1 Å². The summed E-state index contributed by atoms with van der Waals surface area (Å²) in [5.74, 6) is 0.323. The van der Waals surface area contributed by atoms with E-state index >= 15 is 0 Å². The average molecular weight is 312 g/mol. The van der Waals surface area contributed by atoms with Crippen molar-refractivity contribution in [2.75, 3.05) is 0 Å². The van der Waals surface area contributed by atoms with Crippen molar-refractivity contribution in [3.05, 3.63) is 75.8 Å². The Labute approximate surface area is 134 Å². The summed E-state index contributed by atoms with van der Waals surface area (Å²) in [6.45, 7) is 0. The Morgan fingerprint density at radius 3 is 2.57 bits per heavy atom. The van der Waals surface area contributed by atoms with E-state index in [0.717, 1.165) is 22.9 Å². The van der Waals surface area contributed by atoms with Crippen molar-refractivity contribution >= 4 is 34.5 Å². The van der Waals surface area contributed by atoms with Gasteiger partial charge in [-0.25, -0.2) is 0 Å². The van der Waals surface area contributed by atoms with E-state index in [-0.39, 0.29) is 0 Å². The van der Waals surface area contributed by atoms with Crippen LogP contribution < -0.4 is 5.32 Å². The summed E-state index contributed by atoms with van der Waals surface area (Å²) in [6, 6.07) is 16.8. The van der Waals surface area contributed by atoms with Crippen LogP contribution in [0.3, 0.4) is 0 Å². The zero-order valence-corrected chi connectivity index (χ0v) is 13.0. The normalized spacial score (nSPS) is 20.0. The molecule has 0 spiro atoms. The van der Waals surface area contributed by atoms with Gasteiger partial charge in [-0.05, 0) is 35.3 Å². The van der Waals surface area contributed by atoms with Crippen molar-refractivity contribution in [2.24, 2.45) is 0 Å². The van der Waals surface area contributed by atoms with E-state index in [1.807, 2.05) is 12.1 Å². The highest BCUT2D eigenvalue weighted by atomic mass is 35.5. The number of nitrogens with one attached hydrogen (secondary N) is 1. The molecule has 0 radical (unpaired) electrons. The largest absolute Gasteiger partial charge is 0.350 e. The number of fused-ring (bicyclic) bond motifs is 2. The van der Waals surface area contributed by atoms with Gasteiger partial charge in [-0.3, -0.25) is 0 Å². The molecule has 0 amide bonds. The van der Waals surface area contributed by atoms with E-state index in [9.17, 15) is 0 Å². The highest BCUT2D eigenvalue weighted by molar-refractivity contribution is 7.80. The lowest BCUT2D eigenvalue weighted by atomic mass is 9.86. The van der Waals surface area contributed by atoms with Crippen molar-refractivity contribution < 1.29 is 0 Å². The summed E-state index contributed by atoms with van der Waals surface area (Å²) in [4.78, 5) is 0.945. The standard InChI is InChI=1S/C18H14ClNS/c19-12-7-5-11(6-8-12)17-13-3-1-2-4-14(13)18-15(17)9-10-16(21)20-18/h1-8,17H,9-10H2,(H,20,21). The zero-order valence-electron chi connectivity index (χ0n) is 11.4. The van der Waals surface area contributed by atoms with E-state index in [1.54, 1.807) is 0 Å². The van der Waals surface area contributed by atoms with Crippen molar-refractivity contribution in [1.29, 1.82) is 0 Å². The molecule has 1 aliphatic carbocycles. The topological polar surface area (TPSA) is 12.0 Å². The summed E-state index contributed by atoms with van der Waals surface area (Å²) in [6.07, 6.45) is 1.97. The lowest BCUT2D eigenvalue weighted by Gasteiger charge is -2.22. The molecule has 0 saturated heterocycles. The van der Waals surface area contributed by atoms with Crippen LogP contribution in [0.1, 0.15) is 35.4 Å². The van der Waals surface area contributed by atoms with Crippen LogP contribution in [-0.2, 0) is 0 Å². The molecule has 104 valence electrons. The molecule has 1 heterocycles. The predicted octanol–water partition coefficient (Wildman–Crippen LogP) is 4.91. The van der Waals surface area contributed by atoms with Gasteiger partial charge in [0.15, 0.2) is 0 Å². The first kappa shape index (κ1) is 13.1. The highest BCUT2D eigenvalue weighted by Crippen LogP contribution is 2.47. The van der Waals surface area contributed by atoms with Gasteiger partial charge in [0.1, 0.15) is 0 Å². The van der Waals surface area contributed by atoms with Gasteiger partial charge in [-0.15, -0.1) is 0 Å². The smallest absolute Gasteiger partial charge is 0.0800 e. The predicted molar refractivity (Wildman–Crippen MR) is 91.6 cm³/mol. The second kappa shape index (κ2) is 4.97. The van der Waals surface area contributed by atoms with Crippen LogP contribution in [0.25, 0.3) is 5.70 Å². The molecule has 0 bridgehead atoms. The molecule has 2 aromatic rings. The average Bonchev–Trinajstić information content (AvgIpc) is 2.82. The van der Waals surface area contributed by atoms with Gasteiger partial charge >= 0.3 is 0 Å². The van der Waals surface area contributed by atoms with Gasteiger partial charge in [-0.2, -0.15) is 0 Å². The fourth-order valence-electron chi connectivity index (χ4n) is 3.38. The summed E-state index contributed by atoms with van der Waals surface area (Å²) >= 11 is 11.4. The van der Waals surface area contributed by atoms with Crippen LogP contribution in [-0.4, -0.2) is 4.99 Å². The van der Waals surface area contributed by atoms with E-state index < -0.39 is 0 Å². The molecular formula is C18H14ClNS. The van der Waals surface area contributed by atoms with E-state index in [0.29, 0.717) is 5.92 Å². The molecule has 0 saturated carbocycles. The summed E-state index contributed by atoms with van der Waals surface area (Å²) in [5, 5.41) is 4.21. The highest BCUT2D eigenvalue weighted by Gasteiger charge is 2.34. The van der Waals surface area contributed by atoms with Gasteiger partial charge < -0.3 is 5.32 Å². The molecule has 1 N–H and O–H groups in total. The maximum absolute atomic E-state index is 6.03. The fourth-order valence-corrected chi connectivity index (χ4v) is 3.71. The van der Waals surface area contributed by atoms with Crippen LogP contribution >= 0.6 is 23.8 Å². The lowest BCUT2D eigenvalue weighted by Crippen LogP contribution is -2.24. The van der Waals surface area contributed by atoms with Crippen molar-refractivity contribution in [1.82, 2.24) is 5.32 Å². The molecule has 1 atom stereocenters. The summed E-state index contributed by atoms with van der Waals surface area (Å²) in [5.41, 5.74) is 6.62. The Morgan fingerprint density at radius 1 is 1.00 bits per heavy atom. The molecule has 1 nitrogen and oxygen atoms in total. The van der Waals surface area contributed by atoms with Gasteiger partial charge in [-0.1, -0.05) is 60.2 Å². The first-order chi connectivity index (χ1) is 10.2. The fraction of sp³-hybridized carbons (Fsp3) is 0.167. The maximum atomic E-state index is 6.03. The first-order valence-corrected chi connectivity index (χ1v) is 7.90. The zero-order chi connectivity index (χ0) is 14.4. The molecule has 0 aromatic heterocycles. The Kier molecular flexibility index (Phi) is 3.09. The number of benzene rings is 2. The molecule has 2 aliphatic rings. The van der Waals surface area contributed by atoms with Crippen LogP contribution in [0.2, 0.25) is 5.02 Å². The Hall–Kier alpha value is -1.64. The van der Waals surface area contributed by atoms with Crippen LogP contribution in [0, 0.1) is 0 Å². The number of hydrogen-bond donors (Lipinski definition) is 1. The second-order valence-electron chi connectivity index (χ2n) is 5.52. The van der Waals surface area contributed by atoms with Gasteiger partial charge in [0.05, 0.1) is 4.99 Å². The number of halogens is 1. The molecule has 4 rings (SSSR count). The first-order valence-electron chi connectivity index (χ1n) is 7.11. The quantitative estimate of drug-likeness (QED) is 0.751. The van der Waals surface area contributed by atoms with Crippen LogP contribution in [0.4, 0.5) is 0 Å². The maximum Gasteiger partial charge on any atom is 0.0800 e. The van der Waals surface area contributed by atoms with Crippen molar-refractivity contribution in [2.45, 2.75) is 18.8 Å². The van der Waals surface area contributed by atoms with Crippen molar-refractivity contribution in [3.63, 3.8) is 0 Å². The SMILES string of the molecule is S=C1CCC2=C(N1)c1ccccc1C2c1ccc(Cl)cc1. The second-order valence-corrected chi connectivity index (χ2v) is 6.45. The van der Waals surface area contributed by atoms with Crippen LogP contribution in [0.5, 0.6) is 0 Å². The van der Waals surface area contributed by atoms with E-state index in [1.165, 1.54) is 28.0 Å². The minimum absolute atomic E-state index is 0.323. The minimum atomic E-state index is 0.323. The molecule has 2 aromatic carbocycles. The Morgan fingerprint density at radius 2 is 1.76 bits per heavy atom. The molecule has 1 aliphatic heterocycles. The minimum Gasteiger partial charge on any atom is -0.350 e. The lowest BCUT2D eigenvalue weighted by molar-refractivity contribution is 0.854. The molecule has 3 heteroatoms. The number of hydrogen-bond acceptors (Lipinski definition) is 1. The van der Waals surface area contributed by atoms with Gasteiger partial charge in [0.2, 0.25) is 0 Å². The Bertz CT molecular complexity index is 761. The summed E-state index contributed by atoms with van der Waals surface area (Å²) in [7, 11) is 0. The van der Waals surface area contributed by atoms with Gasteiger partial charge in [0.25, 0.3) is 0 Å². The molecule has 0 fully saturated rings. The van der Waals surface area contributed by atoms with Gasteiger partial charge in [0, 0.05) is 28.6 Å². The Balaban J connectivity index is 1.90. The van der Waals surface area contributed by atoms with E-state index in [2.05, 4.69) is 41.7 Å². The third kappa shape index (κ3) is 2.10. The van der Waals surface area contributed by atoms with Crippen molar-refractivity contribution in [3.8, 4) is 0 Å². The number of thiocarbonyl (C=S) groups is 1. The number of allylic oxidation sites excluding steroid dienone is 1.